The van der Waals surface area contributed by atoms with Crippen LogP contribution in [0.2, 0.25) is 0 Å². The van der Waals surface area contributed by atoms with Crippen molar-refractivity contribution in [2.24, 2.45) is 5.41 Å². The van der Waals surface area contributed by atoms with Crippen LogP contribution in [0.5, 0.6) is 0 Å². The summed E-state index contributed by atoms with van der Waals surface area (Å²) in [6, 6.07) is 15.1. The van der Waals surface area contributed by atoms with Crippen LogP contribution < -0.4 is 24.8 Å². The van der Waals surface area contributed by atoms with Crippen LogP contribution in [0.15, 0.2) is 48.1 Å². The Morgan fingerprint density at radius 1 is 0.846 bits per heavy atom. The number of benzene rings is 2. The molecule has 5 rings (SSSR count). The van der Waals surface area contributed by atoms with Crippen molar-refractivity contribution >= 4 is 3.21 Å². The minimum Gasteiger partial charge on any atom is -1.00 e. The van der Waals surface area contributed by atoms with Crippen LogP contribution in [0.1, 0.15) is 123 Å². The number of rotatable bonds is 1. The second kappa shape index (κ2) is 14.9. The van der Waals surface area contributed by atoms with Crippen molar-refractivity contribution in [3.63, 3.8) is 0 Å². The first-order chi connectivity index (χ1) is 17.2. The normalized spacial score (nSPS) is 16.6. The molecule has 0 bridgehead atoms. The van der Waals surface area contributed by atoms with Crippen LogP contribution in [-0.2, 0) is 41.5 Å². The van der Waals surface area contributed by atoms with E-state index < -0.39 is 0 Å². The zero-order valence-corrected chi connectivity index (χ0v) is 29.7. The van der Waals surface area contributed by atoms with E-state index in [1.54, 1.807) is 29.8 Å². The van der Waals surface area contributed by atoms with Gasteiger partial charge in [-0.2, -0.15) is 41.0 Å². The summed E-state index contributed by atoms with van der Waals surface area (Å²) in [5, 5.41) is 0. The Balaban J connectivity index is 0.000000360. The van der Waals surface area contributed by atoms with Gasteiger partial charge in [-0.3, -0.25) is 6.08 Å². The van der Waals surface area contributed by atoms with Crippen molar-refractivity contribution in [2.75, 3.05) is 0 Å². The maximum absolute atomic E-state index is 3.53. The Hall–Kier alpha value is -0.747. The molecule has 1 fully saturated rings. The van der Waals surface area contributed by atoms with Crippen molar-refractivity contribution < 1.29 is 49.0 Å². The predicted molar refractivity (Wildman–Crippen MR) is 159 cm³/mol. The van der Waals surface area contributed by atoms with Gasteiger partial charge in [0, 0.05) is 0 Å². The van der Waals surface area contributed by atoms with Crippen molar-refractivity contribution in [1.82, 2.24) is 0 Å². The van der Waals surface area contributed by atoms with Gasteiger partial charge in [0.2, 0.25) is 0 Å². The van der Waals surface area contributed by atoms with Crippen LogP contribution in [0.25, 0.3) is 11.1 Å². The molecule has 2 aromatic rings. The molecule has 0 unspecified atom stereocenters. The van der Waals surface area contributed by atoms with Gasteiger partial charge < -0.3 is 24.8 Å². The Bertz CT molecular complexity index is 1100. The van der Waals surface area contributed by atoms with E-state index in [0.717, 1.165) is 12.8 Å². The predicted octanol–water partition coefficient (Wildman–Crippen LogP) is 4.05. The molecule has 39 heavy (non-hydrogen) atoms. The average Bonchev–Trinajstić information content (AvgIpc) is 3.46. The summed E-state index contributed by atoms with van der Waals surface area (Å²) in [4.78, 5) is 0. The van der Waals surface area contributed by atoms with Crippen molar-refractivity contribution in [1.29, 1.82) is 0 Å². The average molecular weight is 643 g/mol. The third-order valence-corrected chi connectivity index (χ3v) is 7.88. The van der Waals surface area contributed by atoms with E-state index in [9.17, 15) is 0 Å². The van der Waals surface area contributed by atoms with Crippen molar-refractivity contribution in [3.05, 3.63) is 82.5 Å². The molecule has 0 atom stereocenters. The zero-order chi connectivity index (χ0) is 27.4. The Morgan fingerprint density at radius 2 is 1.41 bits per heavy atom. The van der Waals surface area contributed by atoms with Gasteiger partial charge >= 0.3 is 41.3 Å². The first-order valence-corrected chi connectivity index (χ1v) is 15.4. The van der Waals surface area contributed by atoms with E-state index in [0.29, 0.717) is 5.41 Å². The molecule has 0 nitrogen and oxygen atoms in total. The van der Waals surface area contributed by atoms with E-state index in [1.807, 2.05) is 0 Å². The molecule has 0 radical (unpaired) electrons. The first-order valence-electron chi connectivity index (χ1n) is 14.2. The largest absolute Gasteiger partial charge is 1.00 e. The first kappa shape index (κ1) is 36.3. The van der Waals surface area contributed by atoms with Gasteiger partial charge in [0.25, 0.3) is 0 Å². The molecule has 0 spiro atoms. The number of halogens is 2. The quantitative estimate of drug-likeness (QED) is 0.352. The summed E-state index contributed by atoms with van der Waals surface area (Å²) in [6.45, 7) is 20.3. The molecule has 3 heteroatoms. The number of allylic oxidation sites excluding steroid dienone is 4. The van der Waals surface area contributed by atoms with Crippen LogP contribution in [0.4, 0.5) is 0 Å². The van der Waals surface area contributed by atoms with Gasteiger partial charge in [0.1, 0.15) is 0 Å². The fourth-order valence-corrected chi connectivity index (χ4v) is 5.42. The third-order valence-electron chi connectivity index (χ3n) is 7.88. The Morgan fingerprint density at radius 3 is 1.92 bits per heavy atom. The fourth-order valence-electron chi connectivity index (χ4n) is 5.42. The molecule has 0 N–H and O–H groups in total. The zero-order valence-electron chi connectivity index (χ0n) is 25.7. The summed E-state index contributed by atoms with van der Waals surface area (Å²) in [5.41, 5.74) is 10.8. The standard InChI is InChI=1S/C21H25.C12H17.C3H6.2ClH.Zr/c1-20(2,3)16-9-7-14-11-15-8-10-17(21(4,5)6)13-19(15)18(14)12-16;1-12(9-5-2-6-10-12)11-7-3-4-8-11;1-3-2;;;/h7,9-10,12-13H,11H2,1-6H3;7-8H,2-3,5-6,9-10H2,1H3;1-2H3;2*1H;/q2*-1;;;;+2/p-2. The number of hydrogen-bond acceptors (Lipinski definition) is 0. The summed E-state index contributed by atoms with van der Waals surface area (Å²) in [7, 11) is 0. The van der Waals surface area contributed by atoms with E-state index in [-0.39, 0.29) is 35.6 Å². The molecule has 3 aliphatic carbocycles. The molecule has 1 saturated carbocycles. The molecule has 2 aromatic carbocycles. The van der Waals surface area contributed by atoms with E-state index in [1.165, 1.54) is 68.7 Å². The van der Waals surface area contributed by atoms with Gasteiger partial charge in [0.15, 0.2) is 0 Å². The van der Waals surface area contributed by atoms with Crippen molar-refractivity contribution in [2.45, 2.75) is 118 Å². The molecule has 0 saturated heterocycles. The monoisotopic (exact) mass is 640 g/mol. The molecule has 212 valence electrons. The van der Waals surface area contributed by atoms with E-state index in [2.05, 4.69) is 117 Å². The molecule has 0 amide bonds. The second-order valence-corrected chi connectivity index (χ2v) is 16.1. The molecule has 0 aromatic heterocycles. The molecular weight excluding hydrogens is 595 g/mol. The van der Waals surface area contributed by atoms with Gasteiger partial charge in [-0.15, -0.1) is 12.0 Å². The maximum Gasteiger partial charge on any atom is -1.00 e. The van der Waals surface area contributed by atoms with Crippen molar-refractivity contribution in [3.8, 4) is 11.1 Å². The topological polar surface area (TPSA) is 0 Å². The molecular formula is C36H48Cl2Zr-2. The molecule has 3 aliphatic rings. The van der Waals surface area contributed by atoms with Gasteiger partial charge in [-0.1, -0.05) is 121 Å². The molecule has 0 heterocycles. The van der Waals surface area contributed by atoms with Gasteiger partial charge in [-0.25, -0.2) is 6.08 Å². The SMILES string of the molecule is CC(C)(C)c1c[c-]c2c(c1)-c1cc(C(C)(C)C)ccc1C2.CC1(C2=CC[C-]=C2)CCCCC1.C[C](C)=[Zr+2].[Cl-].[Cl-]. The number of hydrogen-bond donors (Lipinski definition) is 0. The van der Waals surface area contributed by atoms with E-state index >= 15 is 0 Å². The third kappa shape index (κ3) is 9.94. The van der Waals surface area contributed by atoms with E-state index in [4.69, 9.17) is 0 Å². The fraction of sp³-hybridized carbons (Fsp3) is 0.528. The van der Waals surface area contributed by atoms with Gasteiger partial charge in [-0.05, 0) is 17.4 Å². The van der Waals surface area contributed by atoms with Crippen LogP contribution in [0, 0.1) is 17.6 Å². The summed E-state index contributed by atoms with van der Waals surface area (Å²) in [5.74, 6) is 0. The summed E-state index contributed by atoms with van der Waals surface area (Å²) in [6.07, 6.45) is 17.0. The Kier molecular flexibility index (Phi) is 13.9. The van der Waals surface area contributed by atoms with Crippen LogP contribution in [-0.4, -0.2) is 3.21 Å². The minimum absolute atomic E-state index is 0. The number of fused-ring (bicyclic) bond motifs is 3. The van der Waals surface area contributed by atoms with Crippen LogP contribution in [0.3, 0.4) is 0 Å². The molecule has 0 aliphatic heterocycles. The van der Waals surface area contributed by atoms with Crippen LogP contribution >= 0.6 is 0 Å². The summed E-state index contributed by atoms with van der Waals surface area (Å²) >= 11 is 1.55. The Labute approximate surface area is 267 Å². The van der Waals surface area contributed by atoms with Gasteiger partial charge in [0.05, 0.1) is 0 Å². The second-order valence-electron chi connectivity index (χ2n) is 13.7. The maximum atomic E-state index is 3.53. The smallest absolute Gasteiger partial charge is 1.00 e. The minimum atomic E-state index is 0. The summed E-state index contributed by atoms with van der Waals surface area (Å²) < 4.78 is 1.51.